The number of nitrogens with zero attached hydrogens (tertiary/aromatic N) is 4. The van der Waals surface area contributed by atoms with Gasteiger partial charge in [-0.25, -0.2) is 15.0 Å². The van der Waals surface area contributed by atoms with Crippen molar-refractivity contribution in [1.29, 1.82) is 0 Å². The Labute approximate surface area is 149 Å². The van der Waals surface area contributed by atoms with Crippen molar-refractivity contribution in [1.82, 2.24) is 15.0 Å². The first-order valence-electron chi connectivity index (χ1n) is 8.12. The van der Waals surface area contributed by atoms with Crippen molar-refractivity contribution < 1.29 is 4.79 Å². The normalized spacial score (nSPS) is 13.4. The van der Waals surface area contributed by atoms with Gasteiger partial charge in [-0.3, -0.25) is 4.79 Å². The number of carbonyl (C=O) groups excluding carboxylic acids is 1. The van der Waals surface area contributed by atoms with Crippen molar-refractivity contribution in [3.63, 3.8) is 0 Å². The minimum absolute atomic E-state index is 0.0666. The van der Waals surface area contributed by atoms with Gasteiger partial charge >= 0.3 is 0 Å². The maximum atomic E-state index is 12.9. The van der Waals surface area contributed by atoms with Gasteiger partial charge in [0.25, 0.3) is 5.91 Å². The minimum Gasteiger partial charge on any atom is -0.307 e. The molecule has 1 amide bonds. The second-order valence-corrected chi connectivity index (χ2v) is 6.79. The Morgan fingerprint density at radius 2 is 2.12 bits per heavy atom. The monoisotopic (exact) mass is 351 g/mol. The van der Waals surface area contributed by atoms with Crippen molar-refractivity contribution in [2.24, 2.45) is 0 Å². The summed E-state index contributed by atoms with van der Waals surface area (Å²) in [5.41, 5.74) is 3.88. The number of fused-ring (bicyclic) bond motifs is 1. The molecule has 1 N–H and O–H groups in total. The number of nitrogens with one attached hydrogen (secondary N) is 1. The Morgan fingerprint density at radius 1 is 1.28 bits per heavy atom. The highest BCUT2D eigenvalue weighted by Gasteiger charge is 2.25. The van der Waals surface area contributed by atoms with Crippen LogP contribution in [0.3, 0.4) is 0 Å². The molecule has 1 aromatic carbocycles. The Balaban J connectivity index is 1.56. The van der Waals surface area contributed by atoms with Gasteiger partial charge in [-0.1, -0.05) is 17.7 Å². The van der Waals surface area contributed by atoms with Crippen molar-refractivity contribution in [3.05, 3.63) is 58.9 Å². The van der Waals surface area contributed by atoms with Crippen molar-refractivity contribution in [3.8, 4) is 0 Å². The highest BCUT2D eigenvalue weighted by Crippen LogP contribution is 2.30. The van der Waals surface area contributed by atoms with E-state index in [4.69, 9.17) is 0 Å². The first-order valence-corrected chi connectivity index (χ1v) is 8.99. The lowest BCUT2D eigenvalue weighted by Crippen LogP contribution is -2.35. The number of carbonyl (C=O) groups is 1. The summed E-state index contributed by atoms with van der Waals surface area (Å²) < 4.78 is 0. The Hall–Kier alpha value is -2.80. The van der Waals surface area contributed by atoms with Gasteiger partial charge in [-0.05, 0) is 37.5 Å². The molecular weight excluding hydrogens is 334 g/mol. The van der Waals surface area contributed by atoms with E-state index in [9.17, 15) is 4.79 Å². The molecule has 0 radical (unpaired) electrons. The fraction of sp³-hybridized carbons (Fsp3) is 0.222. The van der Waals surface area contributed by atoms with Crippen LogP contribution < -0.4 is 10.2 Å². The summed E-state index contributed by atoms with van der Waals surface area (Å²) in [4.78, 5) is 27.4. The van der Waals surface area contributed by atoms with Crippen molar-refractivity contribution >= 4 is 34.0 Å². The molecule has 25 heavy (non-hydrogen) atoms. The largest absolute Gasteiger partial charge is 0.307 e. The number of thiazole rings is 1. The smallest absolute Gasteiger partial charge is 0.277 e. The molecule has 0 bridgehead atoms. The first kappa shape index (κ1) is 15.7. The second kappa shape index (κ2) is 6.60. The summed E-state index contributed by atoms with van der Waals surface area (Å²) in [6.45, 7) is 2.79. The maximum absolute atomic E-state index is 12.9. The number of hydrogen-bond acceptors (Lipinski definition) is 6. The molecule has 0 aliphatic carbocycles. The Morgan fingerprint density at radius 3 is 2.96 bits per heavy atom. The van der Waals surface area contributed by atoms with Gasteiger partial charge in [0.15, 0.2) is 5.13 Å². The topological polar surface area (TPSA) is 71.0 Å². The van der Waals surface area contributed by atoms with Crippen LogP contribution in [0.15, 0.2) is 42.0 Å². The summed E-state index contributed by atoms with van der Waals surface area (Å²) >= 11 is 1.37. The standard InChI is InChI=1S/C18H17N5OS/c1-12-5-6-15-13(10-12)4-2-9-23(15)16(24)14-11-25-18(21-14)22-17-19-7-3-8-20-17/h3,5-8,10-11H,2,4,9H2,1H3,(H,19,20,21,22). The molecule has 1 aliphatic rings. The van der Waals surface area contributed by atoms with Crippen LogP contribution in [0.25, 0.3) is 0 Å². The lowest BCUT2D eigenvalue weighted by atomic mass is 9.99. The average Bonchev–Trinajstić information content (AvgIpc) is 3.09. The number of anilines is 3. The van der Waals surface area contributed by atoms with E-state index in [2.05, 4.69) is 33.3 Å². The molecule has 0 fully saturated rings. The summed E-state index contributed by atoms with van der Waals surface area (Å²) in [6.07, 6.45) is 5.29. The van der Waals surface area contributed by atoms with E-state index in [1.54, 1.807) is 23.8 Å². The van der Waals surface area contributed by atoms with Crippen molar-refractivity contribution in [2.75, 3.05) is 16.8 Å². The van der Waals surface area contributed by atoms with Gasteiger partial charge in [0.2, 0.25) is 5.95 Å². The van der Waals surface area contributed by atoms with E-state index in [1.165, 1.54) is 22.5 Å². The van der Waals surface area contributed by atoms with E-state index in [1.807, 2.05) is 17.0 Å². The third kappa shape index (κ3) is 3.23. The summed E-state index contributed by atoms with van der Waals surface area (Å²) in [6, 6.07) is 7.99. The van der Waals surface area contributed by atoms with Crippen LogP contribution in [0.5, 0.6) is 0 Å². The SMILES string of the molecule is Cc1ccc2c(c1)CCCN2C(=O)c1csc(Nc2ncccn2)n1. The molecule has 4 rings (SSSR count). The predicted molar refractivity (Wildman–Crippen MR) is 98.6 cm³/mol. The van der Waals surface area contributed by atoms with Crippen LogP contribution in [0.1, 0.15) is 28.0 Å². The zero-order valence-corrected chi connectivity index (χ0v) is 14.6. The van der Waals surface area contributed by atoms with Crippen LogP contribution in [0.2, 0.25) is 0 Å². The third-order valence-corrected chi connectivity index (χ3v) is 4.86. The molecule has 0 saturated heterocycles. The fourth-order valence-corrected chi connectivity index (χ4v) is 3.64. The van der Waals surface area contributed by atoms with Gasteiger partial charge in [-0.15, -0.1) is 11.3 Å². The zero-order valence-electron chi connectivity index (χ0n) is 13.8. The molecule has 1 aliphatic heterocycles. The zero-order chi connectivity index (χ0) is 17.2. The van der Waals surface area contributed by atoms with Crippen LogP contribution in [-0.4, -0.2) is 27.4 Å². The Bertz CT molecular complexity index is 909. The average molecular weight is 351 g/mol. The maximum Gasteiger partial charge on any atom is 0.277 e. The lowest BCUT2D eigenvalue weighted by molar-refractivity contribution is 0.0981. The fourth-order valence-electron chi connectivity index (χ4n) is 2.96. The molecule has 3 heterocycles. The molecule has 6 nitrogen and oxygen atoms in total. The third-order valence-electron chi connectivity index (χ3n) is 4.11. The number of rotatable bonds is 3. The highest BCUT2D eigenvalue weighted by molar-refractivity contribution is 7.14. The molecule has 3 aromatic rings. The van der Waals surface area contributed by atoms with E-state index in [0.717, 1.165) is 25.1 Å². The molecule has 0 unspecified atom stereocenters. The molecule has 2 aromatic heterocycles. The molecule has 7 heteroatoms. The second-order valence-electron chi connectivity index (χ2n) is 5.93. The number of aryl methyl sites for hydroxylation is 2. The summed E-state index contributed by atoms with van der Waals surface area (Å²) in [5.74, 6) is 0.401. The van der Waals surface area contributed by atoms with Gasteiger partial charge in [-0.2, -0.15) is 0 Å². The molecule has 0 atom stereocenters. The highest BCUT2D eigenvalue weighted by atomic mass is 32.1. The van der Waals surface area contributed by atoms with Gasteiger partial charge < -0.3 is 10.2 Å². The van der Waals surface area contributed by atoms with Crippen LogP contribution in [0.4, 0.5) is 16.8 Å². The summed E-state index contributed by atoms with van der Waals surface area (Å²) in [7, 11) is 0. The molecule has 0 spiro atoms. The minimum atomic E-state index is -0.0666. The Kier molecular flexibility index (Phi) is 4.15. The number of hydrogen-bond donors (Lipinski definition) is 1. The van der Waals surface area contributed by atoms with Gasteiger partial charge in [0, 0.05) is 30.0 Å². The quantitative estimate of drug-likeness (QED) is 0.781. The predicted octanol–water partition coefficient (Wildman–Crippen LogP) is 3.58. The van der Waals surface area contributed by atoms with Crippen LogP contribution >= 0.6 is 11.3 Å². The van der Waals surface area contributed by atoms with Gasteiger partial charge in [0.05, 0.1) is 0 Å². The first-order chi connectivity index (χ1) is 12.2. The van der Waals surface area contributed by atoms with Crippen LogP contribution in [0, 0.1) is 6.92 Å². The number of benzene rings is 1. The number of aromatic nitrogens is 3. The van der Waals surface area contributed by atoms with E-state index < -0.39 is 0 Å². The lowest BCUT2D eigenvalue weighted by Gasteiger charge is -2.29. The summed E-state index contributed by atoms with van der Waals surface area (Å²) in [5, 5.41) is 5.40. The molecule has 126 valence electrons. The number of amides is 1. The molecule has 0 saturated carbocycles. The van der Waals surface area contributed by atoms with Crippen molar-refractivity contribution in [2.45, 2.75) is 19.8 Å². The van der Waals surface area contributed by atoms with Gasteiger partial charge in [0.1, 0.15) is 5.69 Å². The van der Waals surface area contributed by atoms with Crippen LogP contribution in [-0.2, 0) is 6.42 Å². The van der Waals surface area contributed by atoms with E-state index >= 15 is 0 Å². The van der Waals surface area contributed by atoms with E-state index in [-0.39, 0.29) is 5.91 Å². The molecular formula is C18H17N5OS. The van der Waals surface area contributed by atoms with E-state index in [0.29, 0.717) is 16.8 Å².